The minimum Gasteiger partial charge on any atom is -0.337 e. The van der Waals surface area contributed by atoms with E-state index < -0.39 is 0 Å². The van der Waals surface area contributed by atoms with Crippen LogP contribution in [0.25, 0.3) is 11.5 Å². The summed E-state index contributed by atoms with van der Waals surface area (Å²) < 4.78 is 1.83. The van der Waals surface area contributed by atoms with Crippen LogP contribution in [-0.4, -0.2) is 19.5 Å². The van der Waals surface area contributed by atoms with Crippen molar-refractivity contribution >= 4 is 57.9 Å². The Bertz CT molecular complexity index is 1070. The van der Waals surface area contributed by atoms with Crippen molar-refractivity contribution < 1.29 is 0 Å². The Balaban J connectivity index is 1.71. The zero-order chi connectivity index (χ0) is 19.0. The number of fused-ring (bicyclic) bond motifs is 1. The Hall–Kier alpha value is -2.05. The third-order valence-corrected chi connectivity index (χ3v) is 5.52. The molecule has 2 aromatic carbocycles. The van der Waals surface area contributed by atoms with E-state index in [-0.39, 0.29) is 0 Å². The molecule has 0 bridgehead atoms. The zero-order valence-electron chi connectivity index (χ0n) is 13.6. The third kappa shape index (κ3) is 3.56. The molecule has 0 aliphatic carbocycles. The standard InChI is InChI=1S/C18H11Cl4N5/c19-11-3-1-4-12(20)10(11)7-27-9-25-17(16-18(27)24-8-23-16)26-14-6-2-5-13(21)15(14)22/h1-6,8-9,26H,7H2. The first kappa shape index (κ1) is 18.3. The largest absolute Gasteiger partial charge is 0.337 e. The summed E-state index contributed by atoms with van der Waals surface area (Å²) in [4.78, 5) is 13.1. The number of rotatable bonds is 4. The highest BCUT2D eigenvalue weighted by Crippen LogP contribution is 2.34. The van der Waals surface area contributed by atoms with Crippen LogP contribution in [0.4, 0.5) is 11.5 Å². The zero-order valence-corrected chi connectivity index (χ0v) is 16.7. The normalized spacial score (nSPS) is 11.1. The number of benzene rings is 2. The molecule has 2 aromatic rings. The molecule has 27 heavy (non-hydrogen) atoms. The van der Waals surface area contributed by atoms with Gasteiger partial charge in [0.2, 0.25) is 0 Å². The minimum absolute atomic E-state index is 0.410. The maximum Gasteiger partial charge on any atom is 0.165 e. The summed E-state index contributed by atoms with van der Waals surface area (Å²) >= 11 is 24.9. The quantitative estimate of drug-likeness (QED) is 0.413. The van der Waals surface area contributed by atoms with E-state index in [0.717, 1.165) is 5.56 Å². The maximum atomic E-state index is 6.28. The summed E-state index contributed by atoms with van der Waals surface area (Å²) in [5.74, 6) is 1.16. The second-order valence-electron chi connectivity index (χ2n) is 5.69. The van der Waals surface area contributed by atoms with Gasteiger partial charge in [-0.3, -0.25) is 0 Å². The van der Waals surface area contributed by atoms with Gasteiger partial charge in [0.1, 0.15) is 6.33 Å². The Morgan fingerprint density at radius 3 is 2.33 bits per heavy atom. The lowest BCUT2D eigenvalue weighted by Crippen LogP contribution is -2.10. The molecule has 4 rings (SSSR count). The summed E-state index contributed by atoms with van der Waals surface area (Å²) in [6.45, 7) is 0.416. The van der Waals surface area contributed by atoms with Crippen LogP contribution < -0.4 is 5.32 Å². The van der Waals surface area contributed by atoms with Crippen molar-refractivity contribution in [1.29, 1.82) is 0 Å². The van der Waals surface area contributed by atoms with Crippen LogP contribution in [0.5, 0.6) is 0 Å². The Kier molecular flexibility index (Phi) is 5.10. The van der Waals surface area contributed by atoms with Crippen molar-refractivity contribution in [1.82, 2.24) is 19.5 Å². The molecular formula is C18H11Cl4N5. The van der Waals surface area contributed by atoms with E-state index in [0.29, 0.717) is 49.7 Å². The van der Waals surface area contributed by atoms with Gasteiger partial charge in [-0.15, -0.1) is 0 Å². The van der Waals surface area contributed by atoms with Crippen LogP contribution >= 0.6 is 46.4 Å². The fraction of sp³-hybridized carbons (Fsp3) is 0.0556. The van der Waals surface area contributed by atoms with Crippen LogP contribution in [0.1, 0.15) is 5.56 Å². The molecule has 0 saturated carbocycles. The fourth-order valence-corrected chi connectivity index (χ4v) is 3.53. The van der Waals surface area contributed by atoms with E-state index in [2.05, 4.69) is 20.3 Å². The summed E-state index contributed by atoms with van der Waals surface area (Å²) in [5.41, 5.74) is 2.01. The van der Waals surface area contributed by atoms with Crippen LogP contribution in [0.15, 0.2) is 49.1 Å². The van der Waals surface area contributed by atoms with Crippen LogP contribution in [-0.2, 0) is 6.54 Å². The highest BCUT2D eigenvalue weighted by Gasteiger charge is 2.19. The Labute approximate surface area is 175 Å². The SMILES string of the molecule is Clc1cccc(Nc2ncn(Cc3c(Cl)cccc3Cl)c3ncnc2-3)c1Cl. The van der Waals surface area contributed by atoms with Crippen molar-refractivity contribution in [3.05, 3.63) is 74.7 Å². The molecule has 1 N–H and O–H groups in total. The maximum absolute atomic E-state index is 6.28. The lowest BCUT2D eigenvalue weighted by Gasteiger charge is -2.16. The second-order valence-corrected chi connectivity index (χ2v) is 7.29. The summed E-state index contributed by atoms with van der Waals surface area (Å²) in [6, 6.07) is 10.7. The predicted octanol–water partition coefficient (Wildman–Crippen LogP) is 6.18. The number of hydrogen-bond acceptors (Lipinski definition) is 4. The molecule has 0 spiro atoms. The van der Waals surface area contributed by atoms with Gasteiger partial charge in [0.05, 0.1) is 28.6 Å². The van der Waals surface area contributed by atoms with Gasteiger partial charge in [0.25, 0.3) is 0 Å². The van der Waals surface area contributed by atoms with E-state index in [1.54, 1.807) is 36.7 Å². The topological polar surface area (TPSA) is 55.6 Å². The molecule has 0 unspecified atom stereocenters. The van der Waals surface area contributed by atoms with Gasteiger partial charge >= 0.3 is 0 Å². The van der Waals surface area contributed by atoms with Gasteiger partial charge in [0, 0.05) is 15.6 Å². The van der Waals surface area contributed by atoms with Crippen molar-refractivity contribution in [2.45, 2.75) is 6.54 Å². The molecule has 0 fully saturated rings. The van der Waals surface area contributed by atoms with Crippen molar-refractivity contribution in [3.63, 3.8) is 0 Å². The van der Waals surface area contributed by atoms with Gasteiger partial charge in [-0.25, -0.2) is 15.0 Å². The van der Waals surface area contributed by atoms with Gasteiger partial charge in [-0.1, -0.05) is 58.5 Å². The number of anilines is 2. The molecule has 9 heteroatoms. The number of hydrogen-bond donors (Lipinski definition) is 1. The molecule has 0 atom stereocenters. The monoisotopic (exact) mass is 437 g/mol. The molecule has 0 amide bonds. The summed E-state index contributed by atoms with van der Waals surface area (Å²) in [5, 5.41) is 5.18. The van der Waals surface area contributed by atoms with Crippen LogP contribution in [0, 0.1) is 0 Å². The lowest BCUT2D eigenvalue weighted by molar-refractivity contribution is 0.762. The third-order valence-electron chi connectivity index (χ3n) is 4.00. The van der Waals surface area contributed by atoms with E-state index >= 15 is 0 Å². The highest BCUT2D eigenvalue weighted by molar-refractivity contribution is 6.43. The van der Waals surface area contributed by atoms with Crippen molar-refractivity contribution in [2.24, 2.45) is 0 Å². The molecule has 2 heterocycles. The molecule has 0 radical (unpaired) electrons. The van der Waals surface area contributed by atoms with Crippen molar-refractivity contribution in [3.8, 4) is 11.5 Å². The average Bonchev–Trinajstić information content (AvgIpc) is 3.14. The first-order valence-electron chi connectivity index (χ1n) is 7.84. The smallest absolute Gasteiger partial charge is 0.165 e. The molecule has 0 saturated heterocycles. The lowest BCUT2D eigenvalue weighted by atomic mass is 10.2. The second kappa shape index (κ2) is 7.52. The van der Waals surface area contributed by atoms with Gasteiger partial charge in [-0.05, 0) is 24.3 Å². The molecule has 2 aliphatic rings. The van der Waals surface area contributed by atoms with E-state index in [9.17, 15) is 0 Å². The first-order chi connectivity index (χ1) is 13.0. The average molecular weight is 439 g/mol. The molecule has 5 nitrogen and oxygen atoms in total. The molecule has 136 valence electrons. The van der Waals surface area contributed by atoms with Crippen LogP contribution in [0.2, 0.25) is 20.1 Å². The predicted molar refractivity (Wildman–Crippen MR) is 110 cm³/mol. The van der Waals surface area contributed by atoms with Crippen LogP contribution in [0.3, 0.4) is 0 Å². The van der Waals surface area contributed by atoms with E-state index in [1.807, 2.05) is 10.6 Å². The summed E-state index contributed by atoms with van der Waals surface area (Å²) in [6.07, 6.45) is 3.12. The van der Waals surface area contributed by atoms with E-state index in [1.165, 1.54) is 6.33 Å². The number of imidazole rings is 1. The molecule has 0 aromatic heterocycles. The van der Waals surface area contributed by atoms with Crippen molar-refractivity contribution in [2.75, 3.05) is 5.32 Å². The number of nitrogens with one attached hydrogen (secondary N) is 1. The van der Waals surface area contributed by atoms with E-state index in [4.69, 9.17) is 46.4 Å². The van der Waals surface area contributed by atoms with Gasteiger partial charge < -0.3 is 9.88 Å². The fourth-order valence-electron chi connectivity index (χ4n) is 2.67. The van der Waals surface area contributed by atoms with Gasteiger partial charge in [-0.2, -0.15) is 0 Å². The highest BCUT2D eigenvalue weighted by atomic mass is 35.5. The van der Waals surface area contributed by atoms with Gasteiger partial charge in [0.15, 0.2) is 17.3 Å². The Morgan fingerprint density at radius 1 is 0.852 bits per heavy atom. The minimum atomic E-state index is 0.410. The number of aromatic nitrogens is 4. The number of halogens is 4. The summed E-state index contributed by atoms with van der Waals surface area (Å²) in [7, 11) is 0. The number of nitrogens with zero attached hydrogens (tertiary/aromatic N) is 4. The molecule has 2 aliphatic heterocycles. The molecular weight excluding hydrogens is 428 g/mol. The Morgan fingerprint density at radius 2 is 1.56 bits per heavy atom. The first-order valence-corrected chi connectivity index (χ1v) is 9.35.